The Morgan fingerprint density at radius 1 is 1.47 bits per heavy atom. The Balaban J connectivity index is 2.80. The zero-order chi connectivity index (χ0) is 11.3. The first-order chi connectivity index (χ1) is 7.13. The van der Waals surface area contributed by atoms with E-state index in [1.165, 1.54) is 16.6 Å². The molecule has 5 heteroatoms. The van der Waals surface area contributed by atoms with Gasteiger partial charge >= 0.3 is 7.12 Å². The van der Waals surface area contributed by atoms with Gasteiger partial charge in [0.1, 0.15) is 0 Å². The highest BCUT2D eigenvalue weighted by molar-refractivity contribution is 6.47. The first kappa shape index (κ1) is 11.7. The SMILES string of the molecule is CCc1ccc(=O)n(C/C=C/B(O)O)c1. The van der Waals surface area contributed by atoms with E-state index in [0.717, 1.165) is 12.0 Å². The van der Waals surface area contributed by atoms with Gasteiger partial charge in [0.05, 0.1) is 0 Å². The summed E-state index contributed by atoms with van der Waals surface area (Å²) in [6.07, 6.45) is 4.19. The summed E-state index contributed by atoms with van der Waals surface area (Å²) in [6, 6.07) is 3.31. The number of nitrogens with zero attached hydrogens (tertiary/aromatic N) is 1. The normalized spacial score (nSPS) is 10.9. The third-order valence-electron chi connectivity index (χ3n) is 2.06. The maximum absolute atomic E-state index is 11.4. The molecule has 0 saturated heterocycles. The summed E-state index contributed by atoms with van der Waals surface area (Å²) >= 11 is 0. The monoisotopic (exact) mass is 207 g/mol. The minimum atomic E-state index is -1.46. The van der Waals surface area contributed by atoms with E-state index in [-0.39, 0.29) is 5.56 Å². The Bertz CT molecular complexity index is 398. The Kier molecular flexibility index (Phi) is 4.33. The average Bonchev–Trinajstić information content (AvgIpc) is 2.20. The molecule has 2 N–H and O–H groups in total. The van der Waals surface area contributed by atoms with Crippen molar-refractivity contribution in [3.05, 3.63) is 46.3 Å². The van der Waals surface area contributed by atoms with Crippen molar-refractivity contribution < 1.29 is 10.0 Å². The van der Waals surface area contributed by atoms with Gasteiger partial charge < -0.3 is 14.6 Å². The molecule has 1 rings (SSSR count). The predicted octanol–water partition coefficient (Wildman–Crippen LogP) is -0.0211. The van der Waals surface area contributed by atoms with Crippen LogP contribution in [0.15, 0.2) is 35.2 Å². The number of aryl methyl sites for hydroxylation is 1. The molecule has 0 spiro atoms. The Morgan fingerprint density at radius 3 is 2.80 bits per heavy atom. The van der Waals surface area contributed by atoms with E-state index in [9.17, 15) is 4.79 Å². The van der Waals surface area contributed by atoms with Crippen molar-refractivity contribution in [3.63, 3.8) is 0 Å². The van der Waals surface area contributed by atoms with Crippen LogP contribution in [0.4, 0.5) is 0 Å². The van der Waals surface area contributed by atoms with E-state index in [4.69, 9.17) is 10.0 Å². The minimum Gasteiger partial charge on any atom is -0.424 e. The molecule has 0 unspecified atom stereocenters. The fourth-order valence-corrected chi connectivity index (χ4v) is 1.23. The molecule has 4 nitrogen and oxygen atoms in total. The van der Waals surface area contributed by atoms with E-state index in [0.29, 0.717) is 6.54 Å². The zero-order valence-corrected chi connectivity index (χ0v) is 8.63. The molecule has 0 saturated carbocycles. The first-order valence-electron chi connectivity index (χ1n) is 4.85. The van der Waals surface area contributed by atoms with E-state index in [1.54, 1.807) is 18.3 Å². The van der Waals surface area contributed by atoms with Gasteiger partial charge in [0, 0.05) is 18.8 Å². The Morgan fingerprint density at radius 2 is 2.20 bits per heavy atom. The van der Waals surface area contributed by atoms with Crippen LogP contribution in [0.25, 0.3) is 0 Å². The highest BCUT2D eigenvalue weighted by Gasteiger charge is 1.99. The number of aromatic nitrogens is 1. The third kappa shape index (κ3) is 3.73. The van der Waals surface area contributed by atoms with E-state index in [2.05, 4.69) is 0 Å². The highest BCUT2D eigenvalue weighted by Crippen LogP contribution is 1.96. The van der Waals surface area contributed by atoms with Crippen molar-refractivity contribution in [2.75, 3.05) is 0 Å². The maximum atomic E-state index is 11.4. The van der Waals surface area contributed by atoms with Crippen molar-refractivity contribution in [3.8, 4) is 0 Å². The van der Waals surface area contributed by atoms with Crippen molar-refractivity contribution in [1.29, 1.82) is 0 Å². The molecule has 0 aliphatic rings. The van der Waals surface area contributed by atoms with Crippen LogP contribution >= 0.6 is 0 Å². The smallest absolute Gasteiger partial charge is 0.424 e. The lowest BCUT2D eigenvalue weighted by atomic mass is 9.92. The molecular weight excluding hydrogens is 193 g/mol. The second-order valence-electron chi connectivity index (χ2n) is 3.22. The number of hydrogen-bond donors (Lipinski definition) is 2. The van der Waals surface area contributed by atoms with Crippen LogP contribution < -0.4 is 5.56 Å². The van der Waals surface area contributed by atoms with Crippen LogP contribution in [0.5, 0.6) is 0 Å². The van der Waals surface area contributed by atoms with Crippen LogP contribution in [-0.4, -0.2) is 21.7 Å². The van der Waals surface area contributed by atoms with Crippen molar-refractivity contribution in [1.82, 2.24) is 4.57 Å². The quantitative estimate of drug-likeness (QED) is 0.682. The molecule has 1 aromatic rings. The lowest BCUT2D eigenvalue weighted by molar-refractivity contribution is 0.424. The topological polar surface area (TPSA) is 62.5 Å². The maximum Gasteiger partial charge on any atom is 0.480 e. The molecule has 1 aromatic heterocycles. The van der Waals surface area contributed by atoms with Gasteiger partial charge in [0.2, 0.25) is 0 Å². The van der Waals surface area contributed by atoms with Gasteiger partial charge in [-0.3, -0.25) is 4.79 Å². The van der Waals surface area contributed by atoms with E-state index < -0.39 is 7.12 Å². The Labute approximate surface area is 88.6 Å². The molecular formula is C10H14BNO3. The van der Waals surface area contributed by atoms with Crippen LogP contribution in [0.2, 0.25) is 0 Å². The fourth-order valence-electron chi connectivity index (χ4n) is 1.23. The lowest BCUT2D eigenvalue weighted by Crippen LogP contribution is -2.18. The standard InChI is InChI=1S/C10H14BNO3/c1-2-9-4-5-10(13)12(8-9)7-3-6-11(14)15/h3-6,8,14-15H,2,7H2,1H3/b6-3+. The highest BCUT2D eigenvalue weighted by atomic mass is 16.4. The van der Waals surface area contributed by atoms with Gasteiger partial charge in [-0.15, -0.1) is 0 Å². The molecule has 0 bridgehead atoms. The van der Waals surface area contributed by atoms with Gasteiger partial charge in [0.25, 0.3) is 5.56 Å². The van der Waals surface area contributed by atoms with E-state index in [1.807, 2.05) is 6.92 Å². The van der Waals surface area contributed by atoms with Gasteiger partial charge in [0.15, 0.2) is 0 Å². The van der Waals surface area contributed by atoms with Crippen LogP contribution in [0, 0.1) is 0 Å². The predicted molar refractivity (Wildman–Crippen MR) is 59.4 cm³/mol. The van der Waals surface area contributed by atoms with Crippen LogP contribution in [-0.2, 0) is 13.0 Å². The van der Waals surface area contributed by atoms with Gasteiger partial charge in [-0.1, -0.05) is 25.0 Å². The number of pyridine rings is 1. The van der Waals surface area contributed by atoms with Gasteiger partial charge in [-0.05, 0) is 12.0 Å². The number of allylic oxidation sites excluding steroid dienone is 1. The molecule has 80 valence electrons. The number of hydrogen-bond acceptors (Lipinski definition) is 3. The van der Waals surface area contributed by atoms with Crippen molar-refractivity contribution in [2.45, 2.75) is 19.9 Å². The molecule has 0 aliphatic carbocycles. The summed E-state index contributed by atoms with van der Waals surface area (Å²) < 4.78 is 1.53. The summed E-state index contributed by atoms with van der Waals surface area (Å²) in [4.78, 5) is 11.4. The summed E-state index contributed by atoms with van der Waals surface area (Å²) in [5.74, 6) is 1.23. The van der Waals surface area contributed by atoms with Gasteiger partial charge in [-0.25, -0.2) is 0 Å². The summed E-state index contributed by atoms with van der Waals surface area (Å²) in [7, 11) is -1.46. The van der Waals surface area contributed by atoms with Crippen molar-refractivity contribution >= 4 is 7.12 Å². The molecule has 15 heavy (non-hydrogen) atoms. The molecule has 0 aromatic carbocycles. The largest absolute Gasteiger partial charge is 0.480 e. The molecule has 0 amide bonds. The molecule has 0 fully saturated rings. The van der Waals surface area contributed by atoms with Crippen LogP contribution in [0.1, 0.15) is 12.5 Å². The second-order valence-corrected chi connectivity index (χ2v) is 3.22. The Hall–Kier alpha value is -1.33. The molecule has 0 aliphatic heterocycles. The molecule has 1 heterocycles. The average molecular weight is 207 g/mol. The van der Waals surface area contributed by atoms with E-state index >= 15 is 0 Å². The van der Waals surface area contributed by atoms with Gasteiger partial charge in [-0.2, -0.15) is 0 Å². The summed E-state index contributed by atoms with van der Waals surface area (Å²) in [6.45, 7) is 2.36. The minimum absolute atomic E-state index is 0.0933. The number of rotatable bonds is 4. The van der Waals surface area contributed by atoms with Crippen LogP contribution in [0.3, 0.4) is 0 Å². The molecule has 0 atom stereocenters. The summed E-state index contributed by atoms with van der Waals surface area (Å²) in [5, 5.41) is 17.2. The lowest BCUT2D eigenvalue weighted by Gasteiger charge is -2.03. The third-order valence-corrected chi connectivity index (χ3v) is 2.06. The first-order valence-corrected chi connectivity index (χ1v) is 4.85. The second kappa shape index (κ2) is 5.53. The fraction of sp³-hybridized carbons (Fsp3) is 0.300. The summed E-state index contributed by atoms with van der Waals surface area (Å²) in [5.41, 5.74) is 0.983. The molecule has 0 radical (unpaired) electrons. The zero-order valence-electron chi connectivity index (χ0n) is 8.63. The van der Waals surface area contributed by atoms with Crippen molar-refractivity contribution in [2.24, 2.45) is 0 Å².